The van der Waals surface area contributed by atoms with Crippen LogP contribution in [0.2, 0.25) is 0 Å². The maximum absolute atomic E-state index is 14.1. The summed E-state index contributed by atoms with van der Waals surface area (Å²) in [5.41, 5.74) is 9.91. The minimum atomic E-state index is -0.748. The molecule has 2 amide bonds. The van der Waals surface area contributed by atoms with E-state index in [0.29, 0.717) is 54.4 Å². The highest BCUT2D eigenvalue weighted by molar-refractivity contribution is 7.13. The Morgan fingerprint density at radius 1 is 1.02 bits per heavy atom. The minimum absolute atomic E-state index is 0.0579. The number of hydrogen-bond donors (Lipinski definition) is 3. The van der Waals surface area contributed by atoms with Crippen molar-refractivity contribution in [1.29, 1.82) is 0 Å². The molecule has 0 radical (unpaired) electrons. The van der Waals surface area contributed by atoms with Gasteiger partial charge in [0.1, 0.15) is 17.2 Å². The number of pyridine rings is 1. The Morgan fingerprint density at radius 3 is 2.60 bits per heavy atom. The summed E-state index contributed by atoms with van der Waals surface area (Å²) in [6.07, 6.45) is 1.46. The molecule has 5 rings (SSSR count). The van der Waals surface area contributed by atoms with Crippen LogP contribution in [0.1, 0.15) is 55.8 Å². The van der Waals surface area contributed by atoms with Crippen molar-refractivity contribution in [1.82, 2.24) is 10.3 Å². The van der Waals surface area contributed by atoms with Crippen LogP contribution in [-0.2, 0) is 17.7 Å². The van der Waals surface area contributed by atoms with Crippen molar-refractivity contribution in [2.75, 3.05) is 32.7 Å². The number of anilines is 1. The maximum atomic E-state index is 14.1. The molecular weight excluding hydrogens is 568 g/mol. The average Bonchev–Trinajstić information content (AvgIpc) is 3.44. The molecule has 222 valence electrons. The highest BCUT2D eigenvalue weighted by Crippen LogP contribution is 2.43. The first-order chi connectivity index (χ1) is 20.9. The second-order valence-electron chi connectivity index (χ2n) is 9.80. The Bertz CT molecular complexity index is 1700. The molecule has 2 aromatic heterocycles. The van der Waals surface area contributed by atoms with E-state index in [1.807, 2.05) is 18.4 Å². The molecule has 43 heavy (non-hydrogen) atoms. The standard InChI is InChI=1S/C32H32N4O6S/c1-4-11-34-31(38)25-8-6-20(28(35-25)32(39)41-3)21-16-26-23(29-19(9-12-42-26)10-13-43-29)15-22(21)30(37)36-24-7-5-18(17-33)14-27(24)40-2/h5-8,10,13-16H,4,9,11-12,17,33H2,1-3H3,(H,34,38)(H,36,37). The van der Waals surface area contributed by atoms with Gasteiger partial charge >= 0.3 is 5.97 Å². The third-order valence-electron chi connectivity index (χ3n) is 7.07. The van der Waals surface area contributed by atoms with Gasteiger partial charge in [-0.3, -0.25) is 9.59 Å². The van der Waals surface area contributed by atoms with E-state index in [1.165, 1.54) is 20.3 Å². The van der Waals surface area contributed by atoms with Crippen LogP contribution >= 0.6 is 11.3 Å². The van der Waals surface area contributed by atoms with Crippen molar-refractivity contribution in [3.05, 3.63) is 82.0 Å². The smallest absolute Gasteiger partial charge is 0.357 e. The zero-order valence-corrected chi connectivity index (χ0v) is 24.9. The number of amides is 2. The summed E-state index contributed by atoms with van der Waals surface area (Å²) >= 11 is 1.57. The van der Waals surface area contributed by atoms with Crippen LogP contribution in [0.15, 0.2) is 53.9 Å². The molecule has 0 atom stereocenters. The van der Waals surface area contributed by atoms with Gasteiger partial charge in [0.15, 0.2) is 5.69 Å². The molecule has 0 bridgehead atoms. The summed E-state index contributed by atoms with van der Waals surface area (Å²) in [6, 6.07) is 14.0. The first-order valence-corrected chi connectivity index (χ1v) is 14.7. The normalized spacial score (nSPS) is 11.8. The summed E-state index contributed by atoms with van der Waals surface area (Å²) in [4.78, 5) is 45.2. The van der Waals surface area contributed by atoms with Crippen LogP contribution in [0.4, 0.5) is 5.69 Å². The number of aromatic nitrogens is 1. The predicted octanol–water partition coefficient (Wildman–Crippen LogP) is 5.06. The van der Waals surface area contributed by atoms with Gasteiger partial charge in [-0.05, 0) is 65.4 Å². The third kappa shape index (κ3) is 6.08. The molecule has 0 aliphatic carbocycles. The van der Waals surface area contributed by atoms with Crippen molar-refractivity contribution in [3.8, 4) is 33.1 Å². The van der Waals surface area contributed by atoms with Gasteiger partial charge in [-0.1, -0.05) is 13.0 Å². The van der Waals surface area contributed by atoms with E-state index in [0.717, 1.165) is 28.0 Å². The van der Waals surface area contributed by atoms with Gasteiger partial charge < -0.3 is 30.6 Å². The Kier molecular flexibility index (Phi) is 9.03. The van der Waals surface area contributed by atoms with Crippen molar-refractivity contribution in [2.45, 2.75) is 26.3 Å². The summed E-state index contributed by atoms with van der Waals surface area (Å²) in [6.45, 7) is 3.16. The van der Waals surface area contributed by atoms with Gasteiger partial charge in [-0.25, -0.2) is 9.78 Å². The third-order valence-corrected chi connectivity index (χ3v) is 8.06. The van der Waals surface area contributed by atoms with Crippen LogP contribution < -0.4 is 25.8 Å². The fourth-order valence-electron chi connectivity index (χ4n) is 4.87. The van der Waals surface area contributed by atoms with Crippen LogP contribution in [0.5, 0.6) is 11.5 Å². The van der Waals surface area contributed by atoms with Gasteiger partial charge in [0.05, 0.1) is 26.5 Å². The number of thiophene rings is 1. The fourth-order valence-corrected chi connectivity index (χ4v) is 5.84. The number of carbonyl (C=O) groups excluding carboxylic acids is 3. The molecular formula is C32H32N4O6S. The summed E-state index contributed by atoms with van der Waals surface area (Å²) in [5, 5.41) is 7.73. The first-order valence-electron chi connectivity index (χ1n) is 13.8. The molecule has 0 saturated heterocycles. The molecule has 1 aliphatic heterocycles. The van der Waals surface area contributed by atoms with Crippen LogP contribution in [0.3, 0.4) is 0 Å². The van der Waals surface area contributed by atoms with E-state index in [9.17, 15) is 14.4 Å². The zero-order chi connectivity index (χ0) is 30.5. The molecule has 0 fully saturated rings. The SMILES string of the molecule is CCCNC(=O)c1ccc(-c2cc3c(cc2C(=O)Nc2ccc(CN)cc2OC)-c2sccc2CCO3)c(C(=O)OC)n1. The summed E-state index contributed by atoms with van der Waals surface area (Å²) in [5.74, 6) is -0.587. The van der Waals surface area contributed by atoms with E-state index >= 15 is 0 Å². The van der Waals surface area contributed by atoms with Crippen LogP contribution in [0, 0.1) is 0 Å². The number of esters is 1. The molecule has 0 spiro atoms. The van der Waals surface area contributed by atoms with Crippen LogP contribution in [-0.4, -0.2) is 50.1 Å². The number of methoxy groups -OCH3 is 2. The van der Waals surface area contributed by atoms with E-state index in [1.54, 1.807) is 41.7 Å². The zero-order valence-electron chi connectivity index (χ0n) is 24.1. The monoisotopic (exact) mass is 600 g/mol. The first kappa shape index (κ1) is 29.7. The van der Waals surface area contributed by atoms with E-state index in [2.05, 4.69) is 21.7 Å². The Morgan fingerprint density at radius 2 is 1.86 bits per heavy atom. The lowest BCUT2D eigenvalue weighted by molar-refractivity contribution is 0.0594. The Hall–Kier alpha value is -4.74. The number of nitrogens with two attached hydrogens (primary N) is 1. The van der Waals surface area contributed by atoms with Gasteiger partial charge in [0.25, 0.3) is 11.8 Å². The number of nitrogens with one attached hydrogen (secondary N) is 2. The van der Waals surface area contributed by atoms with Crippen LogP contribution in [0.25, 0.3) is 21.6 Å². The van der Waals surface area contributed by atoms with E-state index < -0.39 is 17.8 Å². The number of ether oxygens (including phenoxy) is 3. The molecule has 3 heterocycles. The lowest BCUT2D eigenvalue weighted by atomic mass is 9.93. The highest BCUT2D eigenvalue weighted by Gasteiger charge is 2.27. The Labute approximate surface area is 253 Å². The lowest BCUT2D eigenvalue weighted by Crippen LogP contribution is -2.26. The van der Waals surface area contributed by atoms with Gasteiger partial charge in [0, 0.05) is 46.6 Å². The topological polar surface area (TPSA) is 142 Å². The van der Waals surface area contributed by atoms with Gasteiger partial charge in [-0.15, -0.1) is 11.3 Å². The molecule has 0 unspecified atom stereocenters. The summed E-state index contributed by atoms with van der Waals surface area (Å²) in [7, 11) is 2.75. The number of benzene rings is 2. The number of carbonyl (C=O) groups is 3. The molecule has 0 saturated carbocycles. The van der Waals surface area contributed by atoms with Crippen molar-refractivity contribution in [2.24, 2.45) is 5.73 Å². The van der Waals surface area contributed by atoms with Crippen molar-refractivity contribution < 1.29 is 28.6 Å². The van der Waals surface area contributed by atoms with Crippen molar-refractivity contribution >= 4 is 34.8 Å². The fraction of sp³-hybridized carbons (Fsp3) is 0.250. The molecule has 1 aliphatic rings. The maximum Gasteiger partial charge on any atom is 0.357 e. The lowest BCUT2D eigenvalue weighted by Gasteiger charge is -2.18. The second kappa shape index (κ2) is 13.1. The Balaban J connectivity index is 1.68. The molecule has 2 aromatic carbocycles. The molecule has 4 aromatic rings. The van der Waals surface area contributed by atoms with Crippen molar-refractivity contribution in [3.63, 3.8) is 0 Å². The molecule has 10 nitrogen and oxygen atoms in total. The average molecular weight is 601 g/mol. The summed E-state index contributed by atoms with van der Waals surface area (Å²) < 4.78 is 16.7. The minimum Gasteiger partial charge on any atom is -0.495 e. The molecule has 4 N–H and O–H groups in total. The highest BCUT2D eigenvalue weighted by atomic mass is 32.1. The number of rotatable bonds is 9. The number of fused-ring (bicyclic) bond motifs is 3. The van der Waals surface area contributed by atoms with Gasteiger partial charge in [-0.2, -0.15) is 0 Å². The quantitative estimate of drug-likeness (QED) is 0.227. The van der Waals surface area contributed by atoms with E-state index in [4.69, 9.17) is 19.9 Å². The largest absolute Gasteiger partial charge is 0.495 e. The molecule has 11 heteroatoms. The predicted molar refractivity (Wildman–Crippen MR) is 165 cm³/mol. The van der Waals surface area contributed by atoms with E-state index in [-0.39, 0.29) is 17.0 Å². The number of nitrogens with zero attached hydrogens (tertiary/aromatic N) is 1. The second-order valence-corrected chi connectivity index (χ2v) is 10.7. The van der Waals surface area contributed by atoms with Gasteiger partial charge in [0.2, 0.25) is 0 Å². The number of hydrogen-bond acceptors (Lipinski definition) is 9.